The van der Waals surface area contributed by atoms with Crippen LogP contribution < -0.4 is 27.4 Å². The third-order valence-electron chi connectivity index (χ3n) is 7.80. The van der Waals surface area contributed by atoms with Crippen LogP contribution in [0.1, 0.15) is 53.4 Å². The lowest BCUT2D eigenvalue weighted by Gasteiger charge is -2.48. The van der Waals surface area contributed by atoms with Crippen molar-refractivity contribution in [2.24, 2.45) is 47.0 Å². The van der Waals surface area contributed by atoms with E-state index in [1.54, 1.807) is 0 Å². The lowest BCUT2D eigenvalue weighted by Crippen LogP contribution is -2.72. The molecule has 5 unspecified atom stereocenters. The molecule has 2 heterocycles. The van der Waals surface area contributed by atoms with Crippen LogP contribution in [0.4, 0.5) is 0 Å². The average Bonchev–Trinajstić information content (AvgIpc) is 2.72. The number of piperidine rings is 1. The molecule has 0 aromatic carbocycles. The van der Waals surface area contributed by atoms with E-state index in [-0.39, 0.29) is 42.3 Å². The molecule has 1 amide bonds. The SMILES string of the molecule is CC(C)C1CC(NC2NC(N3CCC[C@H](N)C3)NCC2C(N)=O)CC(C(C)C)C1C#N. The molecular formula is C23H43N7O. The van der Waals surface area contributed by atoms with Gasteiger partial charge >= 0.3 is 0 Å². The van der Waals surface area contributed by atoms with E-state index < -0.39 is 0 Å². The Hall–Kier alpha value is -1.24. The molecular weight excluding hydrogens is 390 g/mol. The van der Waals surface area contributed by atoms with Crippen LogP contribution in [0.15, 0.2) is 0 Å². The highest BCUT2D eigenvalue weighted by atomic mass is 16.1. The number of hydrogen-bond donors (Lipinski definition) is 5. The van der Waals surface area contributed by atoms with Crippen molar-refractivity contribution in [2.45, 2.75) is 77.9 Å². The maximum Gasteiger partial charge on any atom is 0.224 e. The number of primary amides is 1. The quantitative estimate of drug-likeness (QED) is 0.417. The molecule has 176 valence electrons. The van der Waals surface area contributed by atoms with Gasteiger partial charge in [-0.3, -0.25) is 25.6 Å². The summed E-state index contributed by atoms with van der Waals surface area (Å²) in [6.45, 7) is 11.3. The van der Waals surface area contributed by atoms with E-state index in [1.165, 1.54) is 0 Å². The van der Waals surface area contributed by atoms with Crippen molar-refractivity contribution >= 4 is 5.91 Å². The highest BCUT2D eigenvalue weighted by Gasteiger charge is 2.43. The van der Waals surface area contributed by atoms with Crippen LogP contribution in [0.25, 0.3) is 0 Å². The summed E-state index contributed by atoms with van der Waals surface area (Å²) in [4.78, 5) is 14.5. The number of rotatable bonds is 6. The van der Waals surface area contributed by atoms with Gasteiger partial charge in [0.25, 0.3) is 0 Å². The first kappa shape index (κ1) is 24.4. The molecule has 2 saturated heterocycles. The molecule has 0 aromatic heterocycles. The molecule has 0 spiro atoms. The van der Waals surface area contributed by atoms with Crippen molar-refractivity contribution in [1.29, 1.82) is 5.26 Å². The summed E-state index contributed by atoms with van der Waals surface area (Å²) in [6.07, 6.45) is 3.85. The Balaban J connectivity index is 1.73. The van der Waals surface area contributed by atoms with Crippen LogP contribution in [0.2, 0.25) is 0 Å². The smallest absolute Gasteiger partial charge is 0.224 e. The number of amides is 1. The maximum atomic E-state index is 12.2. The molecule has 8 nitrogen and oxygen atoms in total. The normalized spacial score (nSPS) is 40.1. The Morgan fingerprint density at radius 2 is 1.84 bits per heavy atom. The van der Waals surface area contributed by atoms with Crippen molar-refractivity contribution in [2.75, 3.05) is 19.6 Å². The largest absolute Gasteiger partial charge is 0.369 e. The van der Waals surface area contributed by atoms with E-state index in [1.807, 2.05) is 0 Å². The standard InChI is InChI=1S/C23H43N7O/c1-13(2)17-8-16(9-18(14(3)4)19(17)10-24)28-22-20(21(26)31)11-27-23(29-22)30-7-5-6-15(25)12-30/h13-20,22-23,27-29H,5-9,11-12,25H2,1-4H3,(H2,26,31)/t15-,16?,17?,18?,19?,20?,22?,23?/m0/s1. The highest BCUT2D eigenvalue weighted by molar-refractivity contribution is 5.77. The van der Waals surface area contributed by atoms with Gasteiger partial charge in [-0.05, 0) is 49.4 Å². The fraction of sp³-hybridized carbons (Fsp3) is 0.913. The van der Waals surface area contributed by atoms with Gasteiger partial charge in [-0.1, -0.05) is 27.7 Å². The average molecular weight is 434 g/mol. The van der Waals surface area contributed by atoms with Gasteiger partial charge in [-0.2, -0.15) is 5.26 Å². The molecule has 7 N–H and O–H groups in total. The third-order valence-corrected chi connectivity index (χ3v) is 7.80. The van der Waals surface area contributed by atoms with E-state index in [0.29, 0.717) is 30.2 Å². The number of carbonyl (C=O) groups excluding carboxylic acids is 1. The summed E-state index contributed by atoms with van der Waals surface area (Å²) < 4.78 is 0. The number of hydrogen-bond acceptors (Lipinski definition) is 7. The number of nitrogens with zero attached hydrogens (tertiary/aromatic N) is 2. The van der Waals surface area contributed by atoms with Gasteiger partial charge in [0, 0.05) is 31.7 Å². The maximum absolute atomic E-state index is 12.2. The fourth-order valence-electron chi connectivity index (χ4n) is 5.96. The lowest BCUT2D eigenvalue weighted by molar-refractivity contribution is -0.124. The summed E-state index contributed by atoms with van der Waals surface area (Å²) in [5, 5.41) is 20.7. The zero-order valence-electron chi connectivity index (χ0n) is 19.7. The monoisotopic (exact) mass is 433 g/mol. The molecule has 1 saturated carbocycles. The minimum Gasteiger partial charge on any atom is -0.369 e. The van der Waals surface area contributed by atoms with Crippen LogP contribution in [0.5, 0.6) is 0 Å². The van der Waals surface area contributed by atoms with Crippen LogP contribution in [0.3, 0.4) is 0 Å². The number of nitrogens with one attached hydrogen (secondary N) is 3. The number of likely N-dealkylation sites (tertiary alicyclic amines) is 1. The van der Waals surface area contributed by atoms with Gasteiger partial charge in [-0.15, -0.1) is 0 Å². The first-order valence-electron chi connectivity index (χ1n) is 12.1. The lowest BCUT2D eigenvalue weighted by atomic mass is 9.63. The second-order valence-electron chi connectivity index (χ2n) is 10.7. The Morgan fingerprint density at radius 1 is 1.19 bits per heavy atom. The summed E-state index contributed by atoms with van der Waals surface area (Å²) >= 11 is 0. The van der Waals surface area contributed by atoms with Gasteiger partial charge in [-0.25, -0.2) is 0 Å². The Kier molecular flexibility index (Phi) is 8.33. The second kappa shape index (κ2) is 10.6. The zero-order valence-corrected chi connectivity index (χ0v) is 19.7. The molecule has 8 heteroatoms. The Bertz CT molecular complexity index is 630. The van der Waals surface area contributed by atoms with Gasteiger partial charge in [0.05, 0.1) is 24.1 Å². The molecule has 0 radical (unpaired) electrons. The van der Waals surface area contributed by atoms with Gasteiger partial charge in [0.15, 0.2) is 0 Å². The first-order chi connectivity index (χ1) is 14.7. The molecule has 0 bridgehead atoms. The minimum absolute atomic E-state index is 0.0170. The third kappa shape index (κ3) is 5.77. The van der Waals surface area contributed by atoms with E-state index in [9.17, 15) is 10.1 Å². The number of nitriles is 1. The molecule has 3 fully saturated rings. The van der Waals surface area contributed by atoms with Gasteiger partial charge < -0.3 is 11.5 Å². The summed E-state index contributed by atoms with van der Waals surface area (Å²) in [5.41, 5.74) is 12.0. The summed E-state index contributed by atoms with van der Waals surface area (Å²) in [6, 6.07) is 3.07. The molecule has 31 heavy (non-hydrogen) atoms. The zero-order chi connectivity index (χ0) is 22.7. The predicted octanol–water partition coefficient (Wildman–Crippen LogP) is 0.750. The van der Waals surface area contributed by atoms with E-state index >= 15 is 0 Å². The van der Waals surface area contributed by atoms with Crippen molar-refractivity contribution in [3.63, 3.8) is 0 Å². The molecule has 2 aliphatic heterocycles. The van der Waals surface area contributed by atoms with Crippen molar-refractivity contribution in [3.8, 4) is 6.07 Å². The molecule has 3 rings (SSSR count). The molecule has 1 aliphatic carbocycles. The summed E-state index contributed by atoms with van der Waals surface area (Å²) in [5.74, 6) is 1.09. The van der Waals surface area contributed by atoms with Crippen molar-refractivity contribution < 1.29 is 4.79 Å². The molecule has 3 aliphatic rings. The predicted molar refractivity (Wildman–Crippen MR) is 122 cm³/mol. The van der Waals surface area contributed by atoms with Crippen LogP contribution in [-0.4, -0.2) is 55.0 Å². The van der Waals surface area contributed by atoms with Crippen molar-refractivity contribution in [1.82, 2.24) is 20.9 Å². The number of carbonyl (C=O) groups is 1. The fourth-order valence-corrected chi connectivity index (χ4v) is 5.96. The topological polar surface area (TPSA) is 132 Å². The first-order valence-corrected chi connectivity index (χ1v) is 12.1. The second-order valence-corrected chi connectivity index (χ2v) is 10.7. The Morgan fingerprint density at radius 3 is 2.35 bits per heavy atom. The Labute approximate surface area is 187 Å². The van der Waals surface area contributed by atoms with E-state index in [4.69, 9.17) is 11.5 Å². The van der Waals surface area contributed by atoms with Crippen LogP contribution in [-0.2, 0) is 4.79 Å². The highest BCUT2D eigenvalue weighted by Crippen LogP contribution is 2.42. The number of nitrogens with two attached hydrogens (primary N) is 2. The van der Waals surface area contributed by atoms with Crippen LogP contribution in [0, 0.1) is 46.8 Å². The van der Waals surface area contributed by atoms with Gasteiger partial charge in [0.2, 0.25) is 5.91 Å². The molecule has 6 atom stereocenters. The van der Waals surface area contributed by atoms with Crippen molar-refractivity contribution in [3.05, 3.63) is 0 Å². The summed E-state index contributed by atoms with van der Waals surface area (Å²) in [7, 11) is 0. The van der Waals surface area contributed by atoms with E-state index in [2.05, 4.69) is 54.6 Å². The van der Waals surface area contributed by atoms with Gasteiger partial charge in [0.1, 0.15) is 6.29 Å². The van der Waals surface area contributed by atoms with Crippen LogP contribution >= 0.6 is 0 Å². The van der Waals surface area contributed by atoms with E-state index in [0.717, 1.165) is 38.8 Å². The minimum atomic E-state index is -0.321. The molecule has 0 aromatic rings.